The molecule has 31 heavy (non-hydrogen) atoms. The highest BCUT2D eigenvalue weighted by Gasteiger charge is 2.34. The zero-order valence-corrected chi connectivity index (χ0v) is 17.3. The van der Waals surface area contributed by atoms with Crippen LogP contribution in [-0.4, -0.2) is 28.2 Å². The molecule has 1 heterocycles. The number of nitro benzene ring substituents is 1. The molecule has 1 atom stereocenters. The molecular weight excluding hydrogens is 418 g/mol. The second kappa shape index (κ2) is 8.20. The van der Waals surface area contributed by atoms with Gasteiger partial charge in [0.25, 0.3) is 11.6 Å². The molecule has 7 nitrogen and oxygen atoms in total. The largest absolute Gasteiger partial charge is 0.324 e. The number of nitro groups is 1. The van der Waals surface area contributed by atoms with E-state index in [1.54, 1.807) is 0 Å². The summed E-state index contributed by atoms with van der Waals surface area (Å²) < 4.78 is 0. The molecule has 156 valence electrons. The zero-order chi connectivity index (χ0) is 22.1. The summed E-state index contributed by atoms with van der Waals surface area (Å²) in [6.07, 6.45) is 0. The Kier molecular flexibility index (Phi) is 5.44. The van der Waals surface area contributed by atoms with E-state index in [1.165, 1.54) is 17.0 Å². The van der Waals surface area contributed by atoms with Crippen molar-refractivity contribution < 1.29 is 14.5 Å². The molecular formula is C23H18ClN3O4. The van der Waals surface area contributed by atoms with Crippen molar-refractivity contribution in [1.82, 2.24) is 4.90 Å². The lowest BCUT2D eigenvalue weighted by Gasteiger charge is -2.31. The molecule has 0 saturated heterocycles. The van der Waals surface area contributed by atoms with Crippen molar-refractivity contribution in [3.8, 4) is 0 Å². The second-order valence-corrected chi connectivity index (χ2v) is 7.72. The smallest absolute Gasteiger partial charge is 0.288 e. The van der Waals surface area contributed by atoms with Crippen molar-refractivity contribution in [2.24, 2.45) is 0 Å². The van der Waals surface area contributed by atoms with Gasteiger partial charge in [-0.05, 0) is 30.7 Å². The molecule has 1 aliphatic heterocycles. The number of benzene rings is 3. The Labute approximate surface area is 183 Å². The molecule has 3 aromatic rings. The van der Waals surface area contributed by atoms with Crippen LogP contribution in [0.25, 0.3) is 0 Å². The fourth-order valence-electron chi connectivity index (χ4n) is 3.76. The van der Waals surface area contributed by atoms with Gasteiger partial charge in [0.2, 0.25) is 5.91 Å². The second-order valence-electron chi connectivity index (χ2n) is 7.31. The third-order valence-corrected chi connectivity index (χ3v) is 5.49. The van der Waals surface area contributed by atoms with E-state index in [1.807, 2.05) is 55.5 Å². The van der Waals surface area contributed by atoms with Gasteiger partial charge in [0.15, 0.2) is 0 Å². The Hall–Kier alpha value is -3.71. The minimum atomic E-state index is -0.637. The maximum Gasteiger partial charge on any atom is 0.288 e. The highest BCUT2D eigenvalue weighted by atomic mass is 35.5. The van der Waals surface area contributed by atoms with Gasteiger partial charge in [-0.1, -0.05) is 59.6 Å². The van der Waals surface area contributed by atoms with Crippen molar-refractivity contribution in [3.63, 3.8) is 0 Å². The quantitative estimate of drug-likeness (QED) is 0.475. The van der Waals surface area contributed by atoms with Gasteiger partial charge in [-0.2, -0.15) is 0 Å². The molecule has 0 aliphatic carbocycles. The molecule has 0 aromatic heterocycles. The number of halogens is 1. The SMILES string of the molecule is Cc1ccc2c(c1)C(c1ccccc1)N(C(=O)c1ccc(Cl)c([N+](=O)[O-])c1)CC(=O)N2. The lowest BCUT2D eigenvalue weighted by Crippen LogP contribution is -2.39. The lowest BCUT2D eigenvalue weighted by atomic mass is 9.94. The average Bonchev–Trinajstić information content (AvgIpc) is 2.89. The minimum absolute atomic E-state index is 0.0595. The van der Waals surface area contributed by atoms with Crippen LogP contribution in [0.1, 0.15) is 33.1 Å². The van der Waals surface area contributed by atoms with Gasteiger partial charge in [0, 0.05) is 22.9 Å². The predicted molar refractivity (Wildman–Crippen MR) is 117 cm³/mol. The Balaban J connectivity index is 1.88. The highest BCUT2D eigenvalue weighted by Crippen LogP contribution is 2.37. The number of anilines is 1. The summed E-state index contributed by atoms with van der Waals surface area (Å²) in [5.74, 6) is -0.849. The van der Waals surface area contributed by atoms with Crippen molar-refractivity contribution in [2.45, 2.75) is 13.0 Å². The number of nitrogens with one attached hydrogen (secondary N) is 1. The predicted octanol–water partition coefficient (Wildman–Crippen LogP) is 4.74. The molecule has 0 bridgehead atoms. The summed E-state index contributed by atoms with van der Waals surface area (Å²) in [6, 6.07) is 18.3. The maximum absolute atomic E-state index is 13.5. The Morgan fingerprint density at radius 1 is 1.13 bits per heavy atom. The van der Waals surface area contributed by atoms with Crippen LogP contribution < -0.4 is 5.32 Å². The third-order valence-electron chi connectivity index (χ3n) is 5.17. The molecule has 2 amide bonds. The van der Waals surface area contributed by atoms with Crippen LogP contribution in [0, 0.1) is 17.0 Å². The van der Waals surface area contributed by atoms with Gasteiger partial charge in [0.05, 0.1) is 11.0 Å². The van der Waals surface area contributed by atoms with Crippen molar-refractivity contribution in [1.29, 1.82) is 0 Å². The molecule has 4 rings (SSSR count). The molecule has 1 N–H and O–H groups in total. The number of hydrogen-bond donors (Lipinski definition) is 1. The van der Waals surface area contributed by atoms with Crippen molar-refractivity contribution in [3.05, 3.63) is 104 Å². The van der Waals surface area contributed by atoms with Crippen LogP contribution in [-0.2, 0) is 4.79 Å². The maximum atomic E-state index is 13.5. The molecule has 0 spiro atoms. The first kappa shape index (κ1) is 20.6. The van der Waals surface area contributed by atoms with Crippen molar-refractivity contribution in [2.75, 3.05) is 11.9 Å². The Morgan fingerprint density at radius 2 is 1.87 bits per heavy atom. The van der Waals surface area contributed by atoms with E-state index < -0.39 is 16.9 Å². The van der Waals surface area contributed by atoms with Crippen LogP contribution in [0.5, 0.6) is 0 Å². The van der Waals surface area contributed by atoms with E-state index in [4.69, 9.17) is 11.6 Å². The summed E-state index contributed by atoms with van der Waals surface area (Å²) in [6.45, 7) is 1.73. The minimum Gasteiger partial charge on any atom is -0.324 e. The number of carbonyl (C=O) groups excluding carboxylic acids is 2. The number of rotatable bonds is 3. The van der Waals surface area contributed by atoms with E-state index in [9.17, 15) is 19.7 Å². The topological polar surface area (TPSA) is 92.6 Å². The van der Waals surface area contributed by atoms with Crippen LogP contribution in [0.4, 0.5) is 11.4 Å². The molecule has 3 aromatic carbocycles. The monoisotopic (exact) mass is 435 g/mol. The van der Waals surface area contributed by atoms with Gasteiger partial charge in [-0.25, -0.2) is 0 Å². The number of carbonyl (C=O) groups is 2. The number of aryl methyl sites for hydroxylation is 1. The number of fused-ring (bicyclic) bond motifs is 1. The molecule has 0 saturated carbocycles. The zero-order valence-electron chi connectivity index (χ0n) is 16.5. The fraction of sp³-hybridized carbons (Fsp3) is 0.130. The lowest BCUT2D eigenvalue weighted by molar-refractivity contribution is -0.384. The average molecular weight is 436 g/mol. The summed E-state index contributed by atoms with van der Waals surface area (Å²) in [5.41, 5.74) is 2.92. The van der Waals surface area contributed by atoms with E-state index in [0.717, 1.165) is 22.8 Å². The van der Waals surface area contributed by atoms with Crippen LogP contribution >= 0.6 is 11.6 Å². The standard InChI is InChI=1S/C23H18ClN3O4/c1-14-7-10-19-17(11-14)22(15-5-3-2-4-6-15)26(13-21(28)25-19)23(29)16-8-9-18(24)20(12-16)27(30)31/h2-12,22H,13H2,1H3,(H,25,28). The van der Waals surface area contributed by atoms with E-state index in [0.29, 0.717) is 5.69 Å². The van der Waals surface area contributed by atoms with Gasteiger partial charge in [0.1, 0.15) is 11.6 Å². The van der Waals surface area contributed by atoms with Crippen LogP contribution in [0.3, 0.4) is 0 Å². The molecule has 1 aliphatic rings. The van der Waals surface area contributed by atoms with Crippen molar-refractivity contribution >= 4 is 34.8 Å². The van der Waals surface area contributed by atoms with E-state index in [2.05, 4.69) is 5.32 Å². The van der Waals surface area contributed by atoms with E-state index >= 15 is 0 Å². The first-order chi connectivity index (χ1) is 14.8. The molecule has 8 heteroatoms. The van der Waals surface area contributed by atoms with Crippen LogP contribution in [0.2, 0.25) is 5.02 Å². The summed E-state index contributed by atoms with van der Waals surface area (Å²) in [7, 11) is 0. The first-order valence-corrected chi connectivity index (χ1v) is 9.93. The summed E-state index contributed by atoms with van der Waals surface area (Å²) >= 11 is 5.91. The third kappa shape index (κ3) is 4.00. The molecule has 0 fully saturated rings. The first-order valence-electron chi connectivity index (χ1n) is 9.55. The van der Waals surface area contributed by atoms with Gasteiger partial charge in [-0.15, -0.1) is 0 Å². The van der Waals surface area contributed by atoms with E-state index in [-0.39, 0.29) is 28.7 Å². The fourth-order valence-corrected chi connectivity index (χ4v) is 3.95. The van der Waals surface area contributed by atoms with Crippen LogP contribution in [0.15, 0.2) is 66.7 Å². The summed E-state index contributed by atoms with van der Waals surface area (Å²) in [4.78, 5) is 38.3. The molecule has 0 radical (unpaired) electrons. The number of amides is 2. The van der Waals surface area contributed by atoms with Gasteiger partial charge in [-0.3, -0.25) is 19.7 Å². The Morgan fingerprint density at radius 3 is 2.58 bits per heavy atom. The number of nitrogens with zero attached hydrogens (tertiary/aromatic N) is 2. The summed E-state index contributed by atoms with van der Waals surface area (Å²) in [5, 5.41) is 14.1. The van der Waals surface area contributed by atoms with Gasteiger partial charge >= 0.3 is 0 Å². The number of hydrogen-bond acceptors (Lipinski definition) is 4. The highest BCUT2D eigenvalue weighted by molar-refractivity contribution is 6.32. The normalized spacial score (nSPS) is 15.6. The van der Waals surface area contributed by atoms with Gasteiger partial charge < -0.3 is 10.2 Å². The Bertz CT molecular complexity index is 1200. The molecule has 1 unspecified atom stereocenters.